The zero-order valence-electron chi connectivity index (χ0n) is 14.8. The van der Waals surface area contributed by atoms with Crippen LogP contribution in [-0.2, 0) is 4.79 Å². The van der Waals surface area contributed by atoms with Crippen molar-refractivity contribution in [2.45, 2.75) is 13.3 Å². The van der Waals surface area contributed by atoms with Crippen molar-refractivity contribution in [1.82, 2.24) is 15.1 Å². The molecular weight excluding hydrogens is 306 g/mol. The van der Waals surface area contributed by atoms with E-state index in [2.05, 4.69) is 22.0 Å². The summed E-state index contributed by atoms with van der Waals surface area (Å²) < 4.78 is 10.7. The van der Waals surface area contributed by atoms with Crippen LogP contribution in [0.4, 0.5) is 0 Å². The number of hydrogen-bond acceptors (Lipinski definition) is 5. The van der Waals surface area contributed by atoms with Crippen molar-refractivity contribution in [3.05, 3.63) is 24.3 Å². The second kappa shape index (κ2) is 10.2. The van der Waals surface area contributed by atoms with Crippen LogP contribution in [-0.4, -0.2) is 75.2 Å². The highest BCUT2D eigenvalue weighted by Gasteiger charge is 2.15. The van der Waals surface area contributed by atoms with E-state index in [9.17, 15) is 4.79 Å². The lowest BCUT2D eigenvalue weighted by Crippen LogP contribution is -2.47. The number of carbonyl (C=O) groups is 1. The maximum Gasteiger partial charge on any atom is 0.221 e. The largest absolute Gasteiger partial charge is 0.497 e. The van der Waals surface area contributed by atoms with Crippen LogP contribution in [0, 0.1) is 0 Å². The molecule has 1 fully saturated rings. The molecule has 0 unspecified atom stereocenters. The molecule has 1 aliphatic rings. The van der Waals surface area contributed by atoms with Crippen LogP contribution in [0.3, 0.4) is 0 Å². The van der Waals surface area contributed by atoms with E-state index in [1.807, 2.05) is 24.3 Å². The van der Waals surface area contributed by atoms with Gasteiger partial charge in [-0.25, -0.2) is 0 Å². The van der Waals surface area contributed by atoms with Crippen LogP contribution < -0.4 is 14.8 Å². The first-order valence-electron chi connectivity index (χ1n) is 8.69. The van der Waals surface area contributed by atoms with Gasteiger partial charge in [-0.15, -0.1) is 0 Å². The molecule has 134 valence electrons. The topological polar surface area (TPSA) is 54.0 Å². The van der Waals surface area contributed by atoms with E-state index in [1.54, 1.807) is 7.11 Å². The number of methoxy groups -OCH3 is 1. The Labute approximate surface area is 144 Å². The first kappa shape index (κ1) is 18.5. The average molecular weight is 335 g/mol. The van der Waals surface area contributed by atoms with Gasteiger partial charge in [-0.2, -0.15) is 0 Å². The molecule has 0 spiro atoms. The number of nitrogens with one attached hydrogen (secondary N) is 1. The molecule has 1 saturated heterocycles. The van der Waals surface area contributed by atoms with Gasteiger partial charge in [0, 0.05) is 39.1 Å². The summed E-state index contributed by atoms with van der Waals surface area (Å²) in [7, 11) is 1.63. The van der Waals surface area contributed by atoms with E-state index >= 15 is 0 Å². The van der Waals surface area contributed by atoms with E-state index in [0.717, 1.165) is 50.8 Å². The Morgan fingerprint density at radius 3 is 2.33 bits per heavy atom. The number of rotatable bonds is 9. The zero-order valence-corrected chi connectivity index (χ0v) is 14.8. The van der Waals surface area contributed by atoms with Gasteiger partial charge in [0.25, 0.3) is 0 Å². The highest BCUT2D eigenvalue weighted by Crippen LogP contribution is 2.16. The van der Waals surface area contributed by atoms with Crippen LogP contribution in [0.15, 0.2) is 24.3 Å². The molecule has 0 bridgehead atoms. The third-order valence-electron chi connectivity index (χ3n) is 4.32. The predicted molar refractivity (Wildman–Crippen MR) is 94.7 cm³/mol. The normalized spacial score (nSPS) is 15.9. The molecule has 0 radical (unpaired) electrons. The number of ether oxygens (including phenoxy) is 2. The van der Waals surface area contributed by atoms with E-state index in [0.29, 0.717) is 19.6 Å². The zero-order chi connectivity index (χ0) is 17.2. The summed E-state index contributed by atoms with van der Waals surface area (Å²) in [5, 5.41) is 2.91. The lowest BCUT2D eigenvalue weighted by atomic mass is 10.3. The number of benzene rings is 1. The standard InChI is InChI=1S/C18H29N3O3/c1-3-20-11-13-21(14-12-20)10-8-18(22)19-9-15-24-17-6-4-16(23-2)5-7-17/h4-7H,3,8-15H2,1-2H3,(H,19,22). The number of carbonyl (C=O) groups excluding carboxylic acids is 1. The molecule has 0 saturated carbocycles. The lowest BCUT2D eigenvalue weighted by molar-refractivity contribution is -0.121. The first-order valence-corrected chi connectivity index (χ1v) is 8.69. The van der Waals surface area contributed by atoms with E-state index in [-0.39, 0.29) is 5.91 Å². The molecule has 24 heavy (non-hydrogen) atoms. The van der Waals surface area contributed by atoms with Crippen molar-refractivity contribution in [3.8, 4) is 11.5 Å². The Morgan fingerprint density at radius 2 is 1.71 bits per heavy atom. The quantitative estimate of drug-likeness (QED) is 0.688. The summed E-state index contributed by atoms with van der Waals surface area (Å²) in [5.74, 6) is 1.67. The monoisotopic (exact) mass is 335 g/mol. The Bertz CT molecular complexity index is 485. The molecule has 0 atom stereocenters. The van der Waals surface area contributed by atoms with Gasteiger partial charge in [0.05, 0.1) is 13.7 Å². The number of piperazine rings is 1. The van der Waals surface area contributed by atoms with Gasteiger partial charge in [0.15, 0.2) is 0 Å². The summed E-state index contributed by atoms with van der Waals surface area (Å²) >= 11 is 0. The van der Waals surface area contributed by atoms with Crippen molar-refractivity contribution in [1.29, 1.82) is 0 Å². The number of nitrogens with zero attached hydrogens (tertiary/aromatic N) is 2. The molecule has 1 aromatic carbocycles. The van der Waals surface area contributed by atoms with Crippen LogP contribution in [0.2, 0.25) is 0 Å². The summed E-state index contributed by atoms with van der Waals surface area (Å²) in [4.78, 5) is 16.7. The molecule has 1 heterocycles. The third kappa shape index (κ3) is 6.37. The average Bonchev–Trinajstić information content (AvgIpc) is 2.64. The summed E-state index contributed by atoms with van der Waals surface area (Å²) in [6, 6.07) is 7.42. The second-order valence-corrected chi connectivity index (χ2v) is 5.90. The van der Waals surface area contributed by atoms with Gasteiger partial charge in [-0.05, 0) is 30.8 Å². The van der Waals surface area contributed by atoms with Gasteiger partial charge in [-0.1, -0.05) is 6.92 Å². The molecule has 1 aliphatic heterocycles. The fourth-order valence-electron chi connectivity index (χ4n) is 2.71. The van der Waals surface area contributed by atoms with Crippen LogP contribution in [0.25, 0.3) is 0 Å². The molecule has 6 nitrogen and oxygen atoms in total. The highest BCUT2D eigenvalue weighted by molar-refractivity contribution is 5.76. The summed E-state index contributed by atoms with van der Waals surface area (Å²) in [6.07, 6.45) is 0.550. The molecule has 1 amide bonds. The summed E-state index contributed by atoms with van der Waals surface area (Å²) in [5.41, 5.74) is 0. The minimum atomic E-state index is 0.0891. The minimum absolute atomic E-state index is 0.0891. The summed E-state index contributed by atoms with van der Waals surface area (Å²) in [6.45, 7) is 9.45. The first-order chi connectivity index (χ1) is 11.7. The van der Waals surface area contributed by atoms with Crippen molar-refractivity contribution < 1.29 is 14.3 Å². The molecule has 1 aromatic rings. The number of hydrogen-bond donors (Lipinski definition) is 1. The Morgan fingerprint density at radius 1 is 1.08 bits per heavy atom. The highest BCUT2D eigenvalue weighted by atomic mass is 16.5. The molecule has 2 rings (SSSR count). The molecular formula is C18H29N3O3. The predicted octanol–water partition coefficient (Wildman–Crippen LogP) is 1.22. The maximum absolute atomic E-state index is 11.9. The van der Waals surface area contributed by atoms with Crippen molar-refractivity contribution >= 4 is 5.91 Å². The van der Waals surface area contributed by atoms with Gasteiger partial charge in [-0.3, -0.25) is 4.79 Å². The van der Waals surface area contributed by atoms with Crippen molar-refractivity contribution in [2.24, 2.45) is 0 Å². The second-order valence-electron chi connectivity index (χ2n) is 5.90. The van der Waals surface area contributed by atoms with E-state index in [4.69, 9.17) is 9.47 Å². The lowest BCUT2D eigenvalue weighted by Gasteiger charge is -2.33. The minimum Gasteiger partial charge on any atom is -0.497 e. The van der Waals surface area contributed by atoms with E-state index < -0.39 is 0 Å². The Kier molecular flexibility index (Phi) is 7.85. The number of amides is 1. The van der Waals surface area contributed by atoms with Crippen molar-refractivity contribution in [3.63, 3.8) is 0 Å². The van der Waals surface area contributed by atoms with Crippen LogP contribution in [0.1, 0.15) is 13.3 Å². The number of likely N-dealkylation sites (N-methyl/N-ethyl adjacent to an activating group) is 1. The third-order valence-corrected chi connectivity index (χ3v) is 4.32. The van der Waals surface area contributed by atoms with Gasteiger partial charge in [0.2, 0.25) is 5.91 Å². The van der Waals surface area contributed by atoms with Gasteiger partial charge in [0.1, 0.15) is 18.1 Å². The Balaban J connectivity index is 1.53. The Hall–Kier alpha value is -1.79. The van der Waals surface area contributed by atoms with E-state index in [1.165, 1.54) is 0 Å². The molecule has 0 aliphatic carbocycles. The fraction of sp³-hybridized carbons (Fsp3) is 0.611. The van der Waals surface area contributed by atoms with Crippen LogP contribution in [0.5, 0.6) is 11.5 Å². The fourth-order valence-corrected chi connectivity index (χ4v) is 2.71. The smallest absolute Gasteiger partial charge is 0.221 e. The molecule has 6 heteroatoms. The SMILES string of the molecule is CCN1CCN(CCC(=O)NCCOc2ccc(OC)cc2)CC1. The molecule has 1 N–H and O–H groups in total. The van der Waals surface area contributed by atoms with Gasteiger partial charge < -0.3 is 24.6 Å². The van der Waals surface area contributed by atoms with Crippen LogP contribution >= 0.6 is 0 Å². The maximum atomic E-state index is 11.9. The van der Waals surface area contributed by atoms with Gasteiger partial charge >= 0.3 is 0 Å². The van der Waals surface area contributed by atoms with Crippen molar-refractivity contribution in [2.75, 3.05) is 59.5 Å². The molecule has 0 aromatic heterocycles.